The van der Waals surface area contributed by atoms with Crippen LogP contribution in [0.4, 0.5) is 0 Å². The molecule has 0 spiro atoms. The summed E-state index contributed by atoms with van der Waals surface area (Å²) in [6.45, 7) is 0. The standard InChI is InChI=1S/C21H18N4O3S/c1-27-14-8-9-16(19(11-14)28-2)20-23-24-21(29)25(20)22-12-17-15-6-4-3-5-13(15)7-10-18(17)26/h3-12,26H,1-2H3,(H,24,29)/b22-12+. The van der Waals surface area contributed by atoms with Crippen LogP contribution in [0, 0.1) is 4.77 Å². The molecule has 8 heteroatoms. The van der Waals surface area contributed by atoms with Gasteiger partial charge in [-0.1, -0.05) is 30.3 Å². The zero-order valence-corrected chi connectivity index (χ0v) is 16.6. The minimum absolute atomic E-state index is 0.131. The van der Waals surface area contributed by atoms with Crippen molar-refractivity contribution in [3.05, 3.63) is 64.9 Å². The van der Waals surface area contributed by atoms with E-state index in [1.807, 2.05) is 36.4 Å². The number of aromatic hydroxyl groups is 1. The van der Waals surface area contributed by atoms with Crippen molar-refractivity contribution in [3.8, 4) is 28.6 Å². The Morgan fingerprint density at radius 3 is 2.72 bits per heavy atom. The van der Waals surface area contributed by atoms with Gasteiger partial charge in [-0.3, -0.25) is 0 Å². The molecule has 0 saturated carbocycles. The fourth-order valence-corrected chi connectivity index (χ4v) is 3.27. The average Bonchev–Trinajstić information content (AvgIpc) is 3.12. The summed E-state index contributed by atoms with van der Waals surface area (Å²) >= 11 is 5.35. The second-order valence-corrected chi connectivity index (χ2v) is 6.58. The highest BCUT2D eigenvalue weighted by Gasteiger charge is 2.15. The highest BCUT2D eigenvalue weighted by Crippen LogP contribution is 2.32. The summed E-state index contributed by atoms with van der Waals surface area (Å²) < 4.78 is 12.5. The van der Waals surface area contributed by atoms with Gasteiger partial charge in [-0.15, -0.1) is 0 Å². The van der Waals surface area contributed by atoms with Crippen molar-refractivity contribution in [1.82, 2.24) is 14.9 Å². The number of hydrogen-bond acceptors (Lipinski definition) is 6. The lowest BCUT2D eigenvalue weighted by Gasteiger charge is -2.09. The third-order valence-corrected chi connectivity index (χ3v) is 4.81. The molecule has 1 heterocycles. The van der Waals surface area contributed by atoms with E-state index in [0.717, 1.165) is 10.8 Å². The number of nitrogens with one attached hydrogen (secondary N) is 1. The molecular weight excluding hydrogens is 388 g/mol. The number of ether oxygens (including phenoxy) is 2. The first-order valence-corrected chi connectivity index (χ1v) is 9.18. The summed E-state index contributed by atoms with van der Waals surface area (Å²) in [5.41, 5.74) is 1.29. The summed E-state index contributed by atoms with van der Waals surface area (Å²) in [6.07, 6.45) is 1.57. The number of fused-ring (bicyclic) bond motifs is 1. The van der Waals surface area contributed by atoms with Gasteiger partial charge in [0.05, 0.1) is 26.0 Å². The van der Waals surface area contributed by atoms with Crippen LogP contribution in [0.15, 0.2) is 59.7 Å². The topological polar surface area (TPSA) is 84.7 Å². The van der Waals surface area contributed by atoms with Crippen LogP contribution < -0.4 is 9.47 Å². The van der Waals surface area contributed by atoms with Gasteiger partial charge >= 0.3 is 0 Å². The second kappa shape index (κ2) is 7.76. The number of H-pyrrole nitrogens is 1. The molecule has 0 unspecified atom stereocenters. The fourth-order valence-electron chi connectivity index (χ4n) is 3.09. The molecule has 2 N–H and O–H groups in total. The van der Waals surface area contributed by atoms with E-state index in [-0.39, 0.29) is 5.75 Å². The smallest absolute Gasteiger partial charge is 0.216 e. The van der Waals surface area contributed by atoms with E-state index in [4.69, 9.17) is 21.7 Å². The van der Waals surface area contributed by atoms with E-state index in [2.05, 4.69) is 15.3 Å². The number of aromatic amines is 1. The number of hydrogen-bond donors (Lipinski definition) is 2. The maximum absolute atomic E-state index is 10.3. The van der Waals surface area contributed by atoms with E-state index in [9.17, 15) is 5.11 Å². The lowest BCUT2D eigenvalue weighted by molar-refractivity contribution is 0.395. The Morgan fingerprint density at radius 2 is 1.93 bits per heavy atom. The molecule has 0 aliphatic heterocycles. The van der Waals surface area contributed by atoms with Crippen LogP contribution in [-0.4, -0.2) is 40.4 Å². The van der Waals surface area contributed by atoms with Crippen LogP contribution in [0.1, 0.15) is 5.56 Å². The third kappa shape index (κ3) is 3.45. The molecule has 0 aliphatic carbocycles. The van der Waals surface area contributed by atoms with E-state index in [0.29, 0.717) is 33.2 Å². The molecule has 0 aliphatic rings. The number of aromatic nitrogens is 3. The van der Waals surface area contributed by atoms with Crippen LogP contribution in [0.5, 0.6) is 17.2 Å². The number of phenolic OH excluding ortho intramolecular Hbond substituents is 1. The summed E-state index contributed by atoms with van der Waals surface area (Å²) in [5, 5.41) is 23.8. The molecule has 0 amide bonds. The molecule has 29 heavy (non-hydrogen) atoms. The summed E-state index contributed by atoms with van der Waals surface area (Å²) in [6, 6.07) is 16.7. The molecule has 0 radical (unpaired) electrons. The Kier molecular flexibility index (Phi) is 5.01. The number of phenols is 1. The largest absolute Gasteiger partial charge is 0.507 e. The van der Waals surface area contributed by atoms with Crippen molar-refractivity contribution in [1.29, 1.82) is 0 Å². The van der Waals surface area contributed by atoms with Gasteiger partial charge in [0.15, 0.2) is 5.82 Å². The number of nitrogens with zero attached hydrogens (tertiary/aromatic N) is 3. The Hall–Kier alpha value is -3.65. The Bertz CT molecular complexity index is 1280. The molecule has 4 aromatic rings. The van der Waals surface area contributed by atoms with Crippen LogP contribution in [-0.2, 0) is 0 Å². The van der Waals surface area contributed by atoms with E-state index < -0.39 is 0 Å². The Morgan fingerprint density at radius 1 is 1.10 bits per heavy atom. The van der Waals surface area contributed by atoms with Crippen molar-refractivity contribution >= 4 is 29.2 Å². The first-order valence-electron chi connectivity index (χ1n) is 8.77. The second-order valence-electron chi connectivity index (χ2n) is 6.19. The normalized spacial score (nSPS) is 11.2. The molecule has 0 saturated heterocycles. The fraction of sp³-hybridized carbons (Fsp3) is 0.0952. The van der Waals surface area contributed by atoms with Gasteiger partial charge in [-0.25, -0.2) is 5.10 Å². The van der Waals surface area contributed by atoms with E-state index in [1.165, 1.54) is 4.68 Å². The molecule has 0 fully saturated rings. The lowest BCUT2D eigenvalue weighted by atomic mass is 10.0. The quantitative estimate of drug-likeness (QED) is 0.380. The third-order valence-electron chi connectivity index (χ3n) is 4.55. The van der Waals surface area contributed by atoms with Gasteiger partial charge < -0.3 is 14.6 Å². The molecule has 4 rings (SSSR count). The van der Waals surface area contributed by atoms with Crippen LogP contribution in [0.2, 0.25) is 0 Å². The Balaban J connectivity index is 1.83. The number of rotatable bonds is 5. The van der Waals surface area contributed by atoms with Crippen LogP contribution in [0.25, 0.3) is 22.2 Å². The molecule has 0 atom stereocenters. The SMILES string of the molecule is COc1ccc(-c2n[nH]c(=S)n2/N=C/c2c(O)ccc3ccccc23)c(OC)c1. The molecule has 7 nitrogen and oxygen atoms in total. The van der Waals surface area contributed by atoms with Crippen molar-refractivity contribution in [3.63, 3.8) is 0 Å². The highest BCUT2D eigenvalue weighted by atomic mass is 32.1. The maximum atomic E-state index is 10.3. The van der Waals surface area contributed by atoms with Gasteiger partial charge in [-0.05, 0) is 41.2 Å². The number of benzene rings is 3. The number of methoxy groups -OCH3 is 2. The summed E-state index contributed by atoms with van der Waals surface area (Å²) in [5.74, 6) is 1.84. The predicted octanol–water partition coefficient (Wildman–Crippen LogP) is 4.37. The van der Waals surface area contributed by atoms with E-state index in [1.54, 1.807) is 38.6 Å². The molecular formula is C21H18N4O3S. The molecule has 3 aromatic carbocycles. The first kappa shape index (κ1) is 18.7. The molecule has 0 bridgehead atoms. The van der Waals surface area contributed by atoms with Crippen molar-refractivity contribution < 1.29 is 14.6 Å². The first-order chi connectivity index (χ1) is 14.1. The molecule has 1 aromatic heterocycles. The predicted molar refractivity (Wildman–Crippen MR) is 115 cm³/mol. The van der Waals surface area contributed by atoms with Crippen LogP contribution in [0.3, 0.4) is 0 Å². The van der Waals surface area contributed by atoms with Crippen molar-refractivity contribution in [2.75, 3.05) is 14.2 Å². The minimum Gasteiger partial charge on any atom is -0.507 e. The van der Waals surface area contributed by atoms with Crippen molar-refractivity contribution in [2.45, 2.75) is 0 Å². The van der Waals surface area contributed by atoms with Crippen LogP contribution >= 0.6 is 12.2 Å². The highest BCUT2D eigenvalue weighted by molar-refractivity contribution is 7.71. The van der Waals surface area contributed by atoms with Gasteiger partial charge in [0.1, 0.15) is 17.2 Å². The average molecular weight is 406 g/mol. The lowest BCUT2D eigenvalue weighted by Crippen LogP contribution is -1.98. The van der Waals surface area contributed by atoms with Gasteiger partial charge in [-0.2, -0.15) is 14.9 Å². The van der Waals surface area contributed by atoms with Gasteiger partial charge in [0.2, 0.25) is 4.77 Å². The summed E-state index contributed by atoms with van der Waals surface area (Å²) in [7, 11) is 3.16. The summed E-state index contributed by atoms with van der Waals surface area (Å²) in [4.78, 5) is 0. The van der Waals surface area contributed by atoms with E-state index >= 15 is 0 Å². The minimum atomic E-state index is 0.131. The monoisotopic (exact) mass is 406 g/mol. The van der Waals surface area contributed by atoms with Gasteiger partial charge in [0.25, 0.3) is 0 Å². The zero-order valence-electron chi connectivity index (χ0n) is 15.8. The zero-order chi connectivity index (χ0) is 20.4. The van der Waals surface area contributed by atoms with Crippen molar-refractivity contribution in [2.24, 2.45) is 5.10 Å². The van der Waals surface area contributed by atoms with Gasteiger partial charge in [0, 0.05) is 11.6 Å². The Labute approximate surface area is 171 Å². The molecule has 146 valence electrons. The maximum Gasteiger partial charge on any atom is 0.216 e.